The van der Waals surface area contributed by atoms with Gasteiger partial charge in [0.2, 0.25) is 0 Å². The normalized spacial score (nSPS) is 21.7. The number of aryl methyl sites for hydroxylation is 1. The molecule has 1 aliphatic heterocycles. The summed E-state index contributed by atoms with van der Waals surface area (Å²) in [6, 6.07) is 2.09. The molecule has 0 radical (unpaired) electrons. The zero-order valence-corrected chi connectivity index (χ0v) is 15.9. The molecule has 1 aromatic rings. The van der Waals surface area contributed by atoms with Crippen LogP contribution in [-0.2, 0) is 4.74 Å². The molecule has 0 atom stereocenters. The number of anilines is 1. The molecule has 1 saturated heterocycles. The minimum Gasteiger partial charge on any atom is -0.378 e. The lowest BCUT2D eigenvalue weighted by molar-refractivity contribution is 0.0941. The van der Waals surface area contributed by atoms with Crippen molar-refractivity contribution in [2.24, 2.45) is 5.92 Å². The third-order valence-corrected chi connectivity index (χ3v) is 6.03. The van der Waals surface area contributed by atoms with Crippen LogP contribution >= 0.6 is 0 Å². The maximum absolute atomic E-state index is 13.0. The number of rotatable bonds is 5. The van der Waals surface area contributed by atoms with Gasteiger partial charge >= 0.3 is 0 Å². The number of morpholine rings is 1. The fourth-order valence-electron chi connectivity index (χ4n) is 4.30. The third kappa shape index (κ3) is 4.03. The summed E-state index contributed by atoms with van der Waals surface area (Å²) < 4.78 is 5.46. The number of hydrogen-bond donors (Lipinski definition) is 1. The van der Waals surface area contributed by atoms with E-state index in [1.165, 1.54) is 32.1 Å². The Morgan fingerprint density at radius 3 is 2.62 bits per heavy atom. The molecule has 142 valence electrons. The standard InChI is InChI=1S/C21H31N3O2/c1-15-13-18(24-9-11-26-12-10-24)23-20(17-7-8-17)19(15)21(25)22-14-16-5-3-2-4-6-16/h13,16-17H,2-12,14H2,1H3,(H,22,25). The van der Waals surface area contributed by atoms with Crippen molar-refractivity contribution in [1.29, 1.82) is 0 Å². The van der Waals surface area contributed by atoms with Crippen LogP contribution in [0.1, 0.15) is 72.5 Å². The average Bonchev–Trinajstić information content (AvgIpc) is 3.52. The molecule has 4 rings (SSSR count). The van der Waals surface area contributed by atoms with E-state index < -0.39 is 0 Å². The fourth-order valence-corrected chi connectivity index (χ4v) is 4.30. The number of hydrogen-bond acceptors (Lipinski definition) is 4. The first-order valence-corrected chi connectivity index (χ1v) is 10.3. The third-order valence-electron chi connectivity index (χ3n) is 6.03. The fraction of sp³-hybridized carbons (Fsp3) is 0.714. The lowest BCUT2D eigenvalue weighted by Gasteiger charge is -2.29. The average molecular weight is 357 g/mol. The molecule has 26 heavy (non-hydrogen) atoms. The van der Waals surface area contributed by atoms with Crippen LogP contribution in [0, 0.1) is 12.8 Å². The number of ether oxygens (including phenoxy) is 1. The monoisotopic (exact) mass is 357 g/mol. The SMILES string of the molecule is Cc1cc(N2CCOCC2)nc(C2CC2)c1C(=O)NCC1CCCCC1. The van der Waals surface area contributed by atoms with Gasteiger partial charge in [-0.25, -0.2) is 4.98 Å². The summed E-state index contributed by atoms with van der Waals surface area (Å²) >= 11 is 0. The van der Waals surface area contributed by atoms with Crippen LogP contribution < -0.4 is 10.2 Å². The molecule has 5 heteroatoms. The summed E-state index contributed by atoms with van der Waals surface area (Å²) in [6.45, 7) is 6.14. The second kappa shape index (κ2) is 7.95. The Kier molecular flexibility index (Phi) is 5.44. The second-order valence-electron chi connectivity index (χ2n) is 8.15. The summed E-state index contributed by atoms with van der Waals surface area (Å²) in [5.41, 5.74) is 2.91. The van der Waals surface area contributed by atoms with Crippen molar-refractivity contribution >= 4 is 11.7 Å². The molecule has 3 aliphatic rings. The molecule has 2 aliphatic carbocycles. The van der Waals surface area contributed by atoms with Gasteiger partial charge in [-0.2, -0.15) is 0 Å². The van der Waals surface area contributed by atoms with Crippen molar-refractivity contribution in [1.82, 2.24) is 10.3 Å². The van der Waals surface area contributed by atoms with Crippen LogP contribution in [0.5, 0.6) is 0 Å². The summed E-state index contributed by atoms with van der Waals surface area (Å²) in [6.07, 6.45) is 8.78. The minimum atomic E-state index is 0.0796. The Balaban J connectivity index is 1.51. The van der Waals surface area contributed by atoms with Gasteiger partial charge in [-0.1, -0.05) is 19.3 Å². The quantitative estimate of drug-likeness (QED) is 0.877. The van der Waals surface area contributed by atoms with E-state index >= 15 is 0 Å². The molecule has 0 aromatic carbocycles. The Morgan fingerprint density at radius 2 is 1.92 bits per heavy atom. The first-order chi connectivity index (χ1) is 12.7. The van der Waals surface area contributed by atoms with Crippen molar-refractivity contribution in [3.63, 3.8) is 0 Å². The van der Waals surface area contributed by atoms with E-state index in [4.69, 9.17) is 9.72 Å². The molecular weight excluding hydrogens is 326 g/mol. The van der Waals surface area contributed by atoms with Crippen LogP contribution in [0.2, 0.25) is 0 Å². The molecular formula is C21H31N3O2. The lowest BCUT2D eigenvalue weighted by atomic mass is 9.89. The lowest BCUT2D eigenvalue weighted by Crippen LogP contribution is -2.37. The molecule has 0 spiro atoms. The maximum Gasteiger partial charge on any atom is 0.253 e. The Bertz CT molecular complexity index is 645. The summed E-state index contributed by atoms with van der Waals surface area (Å²) in [5.74, 6) is 2.20. The van der Waals surface area contributed by atoms with Gasteiger partial charge in [-0.05, 0) is 50.2 Å². The Labute approximate surface area is 156 Å². The number of nitrogens with one attached hydrogen (secondary N) is 1. The van der Waals surface area contributed by atoms with Crippen molar-refractivity contribution in [2.75, 3.05) is 37.7 Å². The summed E-state index contributed by atoms with van der Waals surface area (Å²) in [4.78, 5) is 20.2. The van der Waals surface area contributed by atoms with E-state index in [1.807, 2.05) is 0 Å². The highest BCUT2D eigenvalue weighted by Gasteiger charge is 2.32. The van der Waals surface area contributed by atoms with Crippen LogP contribution in [0.15, 0.2) is 6.07 Å². The van der Waals surface area contributed by atoms with Crippen LogP contribution in [0.4, 0.5) is 5.82 Å². The van der Waals surface area contributed by atoms with Gasteiger partial charge in [0.05, 0.1) is 24.5 Å². The van der Waals surface area contributed by atoms with Gasteiger partial charge in [0.25, 0.3) is 5.91 Å². The van der Waals surface area contributed by atoms with E-state index in [2.05, 4.69) is 23.2 Å². The Hall–Kier alpha value is -1.62. The number of nitrogens with zero attached hydrogens (tertiary/aromatic N) is 2. The molecule has 2 saturated carbocycles. The molecule has 3 fully saturated rings. The maximum atomic E-state index is 13.0. The van der Waals surface area contributed by atoms with Gasteiger partial charge in [-0.3, -0.25) is 4.79 Å². The molecule has 0 unspecified atom stereocenters. The summed E-state index contributed by atoms with van der Waals surface area (Å²) in [7, 11) is 0. The van der Waals surface area contributed by atoms with E-state index in [9.17, 15) is 4.79 Å². The largest absolute Gasteiger partial charge is 0.378 e. The van der Waals surface area contributed by atoms with Gasteiger partial charge in [0.15, 0.2) is 0 Å². The van der Waals surface area contributed by atoms with Crippen LogP contribution in [-0.4, -0.2) is 43.7 Å². The van der Waals surface area contributed by atoms with Crippen molar-refractivity contribution in [2.45, 2.75) is 57.8 Å². The van der Waals surface area contributed by atoms with Crippen molar-refractivity contribution in [3.8, 4) is 0 Å². The van der Waals surface area contributed by atoms with Crippen LogP contribution in [0.3, 0.4) is 0 Å². The van der Waals surface area contributed by atoms with Crippen molar-refractivity contribution < 1.29 is 9.53 Å². The zero-order valence-electron chi connectivity index (χ0n) is 15.9. The second-order valence-corrected chi connectivity index (χ2v) is 8.15. The number of aromatic nitrogens is 1. The topological polar surface area (TPSA) is 54.5 Å². The minimum absolute atomic E-state index is 0.0796. The van der Waals surface area contributed by atoms with E-state index in [0.717, 1.165) is 68.3 Å². The molecule has 1 N–H and O–H groups in total. The number of pyridine rings is 1. The molecule has 1 amide bonds. The zero-order chi connectivity index (χ0) is 17.9. The molecule has 5 nitrogen and oxygen atoms in total. The highest BCUT2D eigenvalue weighted by atomic mass is 16.5. The van der Waals surface area contributed by atoms with E-state index in [0.29, 0.717) is 11.8 Å². The van der Waals surface area contributed by atoms with Crippen molar-refractivity contribution in [3.05, 3.63) is 22.9 Å². The number of amides is 1. The highest BCUT2D eigenvalue weighted by molar-refractivity contribution is 5.97. The van der Waals surface area contributed by atoms with Gasteiger partial charge in [-0.15, -0.1) is 0 Å². The van der Waals surface area contributed by atoms with Gasteiger partial charge < -0.3 is 15.0 Å². The van der Waals surface area contributed by atoms with Crippen LogP contribution in [0.25, 0.3) is 0 Å². The highest BCUT2D eigenvalue weighted by Crippen LogP contribution is 2.42. The Morgan fingerprint density at radius 1 is 1.19 bits per heavy atom. The predicted octanol–water partition coefficient (Wildman–Crippen LogP) is 3.41. The summed E-state index contributed by atoms with van der Waals surface area (Å²) in [5, 5.41) is 3.22. The first-order valence-electron chi connectivity index (χ1n) is 10.3. The van der Waals surface area contributed by atoms with E-state index in [-0.39, 0.29) is 5.91 Å². The molecule has 0 bridgehead atoms. The number of carbonyl (C=O) groups is 1. The molecule has 2 heterocycles. The predicted molar refractivity (Wildman–Crippen MR) is 103 cm³/mol. The number of carbonyl (C=O) groups excluding carboxylic acids is 1. The molecule has 1 aromatic heterocycles. The van der Waals surface area contributed by atoms with Gasteiger partial charge in [0.1, 0.15) is 5.82 Å². The first kappa shape index (κ1) is 17.8. The smallest absolute Gasteiger partial charge is 0.253 e. The van der Waals surface area contributed by atoms with E-state index in [1.54, 1.807) is 0 Å². The van der Waals surface area contributed by atoms with Gasteiger partial charge in [0, 0.05) is 25.6 Å².